The van der Waals surface area contributed by atoms with Gasteiger partial charge in [0.2, 0.25) is 0 Å². The lowest BCUT2D eigenvalue weighted by molar-refractivity contribution is 0.0817. The second kappa shape index (κ2) is 4.08. The molecule has 3 rings (SSSR count). The third-order valence-electron chi connectivity index (χ3n) is 3.19. The number of phenolic OH excluding ortho intramolecular Hbond substituents is 1. The van der Waals surface area contributed by atoms with E-state index >= 15 is 0 Å². The Morgan fingerprint density at radius 3 is 3.05 bits per heavy atom. The van der Waals surface area contributed by atoms with Crippen LogP contribution in [0.1, 0.15) is 16.8 Å². The van der Waals surface area contributed by atoms with Crippen LogP contribution in [0.4, 0.5) is 10.1 Å². The lowest BCUT2D eigenvalue weighted by atomic mass is 10.1. The first kappa shape index (κ1) is 11.7. The Balaban J connectivity index is 2.13. The number of halogens is 1. The summed E-state index contributed by atoms with van der Waals surface area (Å²) in [6.45, 7) is 0. The van der Waals surface area contributed by atoms with E-state index in [1.54, 1.807) is 0 Å². The molecule has 2 heterocycles. The van der Waals surface area contributed by atoms with Crippen molar-refractivity contribution in [1.29, 1.82) is 0 Å². The molecule has 2 aliphatic rings. The van der Waals surface area contributed by atoms with Crippen LogP contribution in [0.2, 0.25) is 0 Å². The van der Waals surface area contributed by atoms with Crippen molar-refractivity contribution in [2.75, 3.05) is 7.11 Å². The third kappa shape index (κ3) is 1.76. The van der Waals surface area contributed by atoms with Gasteiger partial charge >= 0.3 is 0 Å². The Morgan fingerprint density at radius 1 is 1.53 bits per heavy atom. The average molecular weight is 262 g/mol. The van der Waals surface area contributed by atoms with E-state index in [2.05, 4.69) is 4.99 Å². The molecule has 1 amide bonds. The Morgan fingerprint density at radius 2 is 2.32 bits per heavy atom. The number of carbonyl (C=O) groups excluding carboxylic acids is 1. The monoisotopic (exact) mass is 262 g/mol. The Hall–Kier alpha value is -2.37. The molecule has 98 valence electrons. The van der Waals surface area contributed by atoms with Crippen molar-refractivity contribution in [3.63, 3.8) is 0 Å². The molecular weight excluding hydrogens is 251 g/mol. The number of amides is 1. The van der Waals surface area contributed by atoms with Gasteiger partial charge in [-0.25, -0.2) is 4.39 Å². The smallest absolute Gasteiger partial charge is 0.260 e. The zero-order chi connectivity index (χ0) is 13.6. The van der Waals surface area contributed by atoms with Crippen LogP contribution in [-0.4, -0.2) is 35.3 Å². The molecule has 1 N–H and O–H groups in total. The molecule has 0 radical (unpaired) electrons. The van der Waals surface area contributed by atoms with E-state index in [1.165, 1.54) is 36.6 Å². The van der Waals surface area contributed by atoms with Crippen molar-refractivity contribution < 1.29 is 19.0 Å². The van der Waals surface area contributed by atoms with Gasteiger partial charge in [-0.2, -0.15) is 0 Å². The highest BCUT2D eigenvalue weighted by Crippen LogP contribution is 2.37. The van der Waals surface area contributed by atoms with Crippen LogP contribution < -0.4 is 4.74 Å². The molecule has 0 aliphatic carbocycles. The summed E-state index contributed by atoms with van der Waals surface area (Å²) in [6.07, 6.45) is 2.83. The lowest BCUT2D eigenvalue weighted by Crippen LogP contribution is -2.32. The highest BCUT2D eigenvalue weighted by Gasteiger charge is 2.33. The van der Waals surface area contributed by atoms with Gasteiger partial charge in [-0.15, -0.1) is 0 Å². The molecule has 6 heteroatoms. The fraction of sp³-hybridized carbons (Fsp3) is 0.231. The summed E-state index contributed by atoms with van der Waals surface area (Å²) in [4.78, 5) is 17.8. The first-order chi connectivity index (χ1) is 9.10. The number of aliphatic imine (C=N–C) groups is 1. The molecule has 0 bridgehead atoms. The van der Waals surface area contributed by atoms with Crippen LogP contribution in [0.3, 0.4) is 0 Å². The van der Waals surface area contributed by atoms with Gasteiger partial charge in [0, 0.05) is 24.9 Å². The number of nitrogens with zero attached hydrogens (tertiary/aromatic N) is 2. The molecular formula is C13H11FN2O3. The van der Waals surface area contributed by atoms with E-state index in [0.29, 0.717) is 5.69 Å². The fourth-order valence-electron chi connectivity index (χ4n) is 2.24. The number of hydrogen-bond acceptors (Lipinski definition) is 4. The van der Waals surface area contributed by atoms with Gasteiger partial charge in [0.1, 0.15) is 5.83 Å². The van der Waals surface area contributed by atoms with E-state index < -0.39 is 6.04 Å². The fourth-order valence-corrected chi connectivity index (χ4v) is 2.24. The number of carbonyl (C=O) groups is 1. The number of ether oxygens (including phenoxy) is 1. The molecule has 1 atom stereocenters. The Bertz CT molecular complexity index is 625. The van der Waals surface area contributed by atoms with E-state index in [-0.39, 0.29) is 35.2 Å². The maximum atomic E-state index is 13.3. The van der Waals surface area contributed by atoms with E-state index in [4.69, 9.17) is 4.74 Å². The molecule has 0 aromatic heterocycles. The van der Waals surface area contributed by atoms with Crippen LogP contribution in [0, 0.1) is 0 Å². The van der Waals surface area contributed by atoms with Crippen molar-refractivity contribution in [3.05, 3.63) is 29.7 Å². The lowest BCUT2D eigenvalue weighted by Gasteiger charge is -2.18. The van der Waals surface area contributed by atoms with Crippen molar-refractivity contribution >= 4 is 17.8 Å². The summed E-state index contributed by atoms with van der Waals surface area (Å²) in [6, 6.07) is 2.37. The topological polar surface area (TPSA) is 62.1 Å². The van der Waals surface area contributed by atoms with Crippen LogP contribution in [0.15, 0.2) is 29.2 Å². The SMILES string of the molecule is COc1cc2c(cc1O)N=C[C@@H]1CC(F)=CN1C2=O. The minimum absolute atomic E-state index is 0.0880. The molecule has 0 spiro atoms. The van der Waals surface area contributed by atoms with Crippen LogP contribution in [0.5, 0.6) is 11.5 Å². The molecule has 5 nitrogen and oxygen atoms in total. The molecule has 0 fully saturated rings. The zero-order valence-corrected chi connectivity index (χ0v) is 10.1. The maximum absolute atomic E-state index is 13.3. The minimum Gasteiger partial charge on any atom is -0.504 e. The molecule has 1 aromatic rings. The summed E-state index contributed by atoms with van der Waals surface area (Å²) in [5.74, 6) is -0.609. The summed E-state index contributed by atoms with van der Waals surface area (Å²) in [5.41, 5.74) is 0.630. The van der Waals surface area contributed by atoms with Gasteiger partial charge in [0.25, 0.3) is 5.91 Å². The zero-order valence-electron chi connectivity index (χ0n) is 10.1. The first-order valence-corrected chi connectivity index (χ1v) is 5.74. The van der Waals surface area contributed by atoms with Crippen molar-refractivity contribution in [2.24, 2.45) is 4.99 Å². The Labute approximate surface area is 108 Å². The first-order valence-electron chi connectivity index (χ1n) is 5.74. The van der Waals surface area contributed by atoms with E-state index in [9.17, 15) is 14.3 Å². The van der Waals surface area contributed by atoms with Gasteiger partial charge < -0.3 is 14.7 Å². The predicted molar refractivity (Wildman–Crippen MR) is 66.6 cm³/mol. The third-order valence-corrected chi connectivity index (χ3v) is 3.19. The maximum Gasteiger partial charge on any atom is 0.260 e. The van der Waals surface area contributed by atoms with Gasteiger partial charge in [-0.1, -0.05) is 0 Å². The summed E-state index contributed by atoms with van der Waals surface area (Å²) >= 11 is 0. The number of fused-ring (bicyclic) bond motifs is 2. The minimum atomic E-state index is -0.409. The second-order valence-electron chi connectivity index (χ2n) is 4.38. The summed E-state index contributed by atoms with van der Waals surface area (Å²) in [7, 11) is 1.39. The standard InChI is InChI=1S/C13H11FN2O3/c1-19-12-3-9-10(4-11(12)17)15-5-8-2-7(14)6-16(8)13(9)18/h3-6,8,17H,2H2,1H3/t8-/m0/s1. The summed E-state index contributed by atoms with van der Waals surface area (Å²) < 4.78 is 18.2. The van der Waals surface area contributed by atoms with E-state index in [0.717, 1.165) is 0 Å². The quantitative estimate of drug-likeness (QED) is 0.843. The largest absolute Gasteiger partial charge is 0.504 e. The number of phenols is 1. The summed E-state index contributed by atoms with van der Waals surface area (Å²) in [5, 5.41) is 9.69. The molecule has 0 saturated heterocycles. The normalized spacial score (nSPS) is 20.7. The molecule has 0 unspecified atom stereocenters. The van der Waals surface area contributed by atoms with Crippen LogP contribution in [0.25, 0.3) is 0 Å². The van der Waals surface area contributed by atoms with Gasteiger partial charge in [-0.3, -0.25) is 9.79 Å². The van der Waals surface area contributed by atoms with Gasteiger partial charge in [0.05, 0.1) is 24.4 Å². The van der Waals surface area contributed by atoms with Gasteiger partial charge in [-0.05, 0) is 6.07 Å². The number of methoxy groups -OCH3 is 1. The second-order valence-corrected chi connectivity index (χ2v) is 4.38. The predicted octanol–water partition coefficient (Wildman–Crippen LogP) is 2.14. The molecule has 2 aliphatic heterocycles. The highest BCUT2D eigenvalue weighted by atomic mass is 19.1. The molecule has 0 saturated carbocycles. The number of hydrogen-bond donors (Lipinski definition) is 1. The highest BCUT2D eigenvalue weighted by molar-refractivity contribution is 6.04. The number of benzene rings is 1. The van der Waals surface area contributed by atoms with E-state index in [1.807, 2.05) is 0 Å². The van der Waals surface area contributed by atoms with Crippen molar-refractivity contribution in [1.82, 2.24) is 4.90 Å². The Kier molecular flexibility index (Phi) is 2.51. The molecule has 19 heavy (non-hydrogen) atoms. The van der Waals surface area contributed by atoms with Crippen molar-refractivity contribution in [3.8, 4) is 11.5 Å². The van der Waals surface area contributed by atoms with Crippen LogP contribution in [-0.2, 0) is 0 Å². The average Bonchev–Trinajstić information content (AvgIpc) is 2.71. The molecule has 1 aromatic carbocycles. The van der Waals surface area contributed by atoms with Gasteiger partial charge in [0.15, 0.2) is 11.5 Å². The van der Waals surface area contributed by atoms with Crippen molar-refractivity contribution in [2.45, 2.75) is 12.5 Å². The van der Waals surface area contributed by atoms with Crippen LogP contribution >= 0.6 is 0 Å². The number of rotatable bonds is 1. The number of aromatic hydroxyl groups is 1.